The number of aliphatic hydroxyl groups excluding tert-OH is 1. The predicted octanol–water partition coefficient (Wildman–Crippen LogP) is 3.02. The van der Waals surface area contributed by atoms with Gasteiger partial charge in [0.1, 0.15) is 11.7 Å². The van der Waals surface area contributed by atoms with Crippen LogP contribution < -0.4 is 0 Å². The first-order valence-corrected chi connectivity index (χ1v) is 14.1. The van der Waals surface area contributed by atoms with E-state index in [0.717, 1.165) is 25.7 Å². The minimum Gasteiger partial charge on any atom is -0.458 e. The van der Waals surface area contributed by atoms with Crippen LogP contribution in [0.15, 0.2) is 23.3 Å². The van der Waals surface area contributed by atoms with Crippen LogP contribution >= 0.6 is 0 Å². The van der Waals surface area contributed by atoms with Gasteiger partial charge >= 0.3 is 11.9 Å². The van der Waals surface area contributed by atoms with Gasteiger partial charge in [-0.05, 0) is 36.8 Å². The van der Waals surface area contributed by atoms with Crippen molar-refractivity contribution in [3.63, 3.8) is 0 Å². The van der Waals surface area contributed by atoms with Gasteiger partial charge in [0.15, 0.2) is 11.4 Å². The summed E-state index contributed by atoms with van der Waals surface area (Å²) in [6, 6.07) is 0. The van der Waals surface area contributed by atoms with Gasteiger partial charge in [0.2, 0.25) is 0 Å². The number of ketones is 1. The summed E-state index contributed by atoms with van der Waals surface area (Å²) in [5, 5.41) is 34.6. The average molecular weight is 531 g/mol. The van der Waals surface area contributed by atoms with E-state index in [1.807, 2.05) is 13.8 Å². The third-order valence-corrected chi connectivity index (χ3v) is 10.7. The quantitative estimate of drug-likeness (QED) is 0.365. The van der Waals surface area contributed by atoms with E-state index < -0.39 is 63.7 Å². The molecule has 3 fully saturated rings. The molecule has 8 heteroatoms. The van der Waals surface area contributed by atoms with E-state index in [1.54, 1.807) is 26.0 Å². The SMILES string of the molecule is CC(=O)O[C@@]12[C@H](OC(=O)CC3CCCCC3)[C@@H](C)[C@@]3(O)[C@@H](C=C(CO)C[C@]4(O)C(=O)C(C)=C[C@@H]34)[C@@H]1C2(C)C. The maximum absolute atomic E-state index is 13.3. The number of esters is 2. The second kappa shape index (κ2) is 9.00. The molecule has 8 nitrogen and oxygen atoms in total. The Morgan fingerprint density at radius 3 is 2.37 bits per heavy atom. The Hall–Kier alpha value is -2.03. The second-order valence-electron chi connectivity index (χ2n) is 13.1. The maximum atomic E-state index is 13.3. The molecule has 0 bridgehead atoms. The average Bonchev–Trinajstić information content (AvgIpc) is 3.27. The fraction of sp³-hybridized carbons (Fsp3) is 0.767. The molecular weight excluding hydrogens is 488 g/mol. The summed E-state index contributed by atoms with van der Waals surface area (Å²) in [5.41, 5.74) is -4.68. The molecule has 0 spiro atoms. The van der Waals surface area contributed by atoms with Crippen molar-refractivity contribution in [1.82, 2.24) is 0 Å². The first-order valence-electron chi connectivity index (χ1n) is 14.1. The summed E-state index contributed by atoms with van der Waals surface area (Å²) < 4.78 is 12.3. The van der Waals surface area contributed by atoms with Gasteiger partial charge in [-0.3, -0.25) is 14.4 Å². The number of carbonyl (C=O) groups is 3. The van der Waals surface area contributed by atoms with E-state index in [9.17, 15) is 29.7 Å². The maximum Gasteiger partial charge on any atom is 0.306 e. The number of fused-ring (bicyclic) bond motifs is 5. The lowest BCUT2D eigenvalue weighted by atomic mass is 9.59. The Morgan fingerprint density at radius 1 is 1.11 bits per heavy atom. The monoisotopic (exact) mass is 530 g/mol. The Balaban J connectivity index is 1.61. The fourth-order valence-corrected chi connectivity index (χ4v) is 8.88. The van der Waals surface area contributed by atoms with Crippen molar-refractivity contribution in [2.45, 2.75) is 102 Å². The molecule has 3 saturated carbocycles. The highest BCUT2D eigenvalue weighted by Crippen LogP contribution is 2.77. The smallest absolute Gasteiger partial charge is 0.306 e. The van der Waals surface area contributed by atoms with Crippen LogP contribution in [0, 0.1) is 35.0 Å². The van der Waals surface area contributed by atoms with Gasteiger partial charge in [-0.2, -0.15) is 0 Å². The number of aliphatic hydroxyl groups is 3. The summed E-state index contributed by atoms with van der Waals surface area (Å²) in [6.07, 6.45) is 7.89. The Labute approximate surface area is 224 Å². The van der Waals surface area contributed by atoms with Gasteiger partial charge in [-0.1, -0.05) is 52.2 Å². The van der Waals surface area contributed by atoms with Crippen molar-refractivity contribution in [2.75, 3.05) is 6.61 Å². The number of hydrogen-bond donors (Lipinski definition) is 3. The first-order chi connectivity index (χ1) is 17.7. The number of carbonyl (C=O) groups excluding carboxylic acids is 3. The Bertz CT molecular complexity index is 1100. The zero-order valence-electron chi connectivity index (χ0n) is 23.2. The summed E-state index contributed by atoms with van der Waals surface area (Å²) in [5.74, 6) is -3.99. The van der Waals surface area contributed by atoms with E-state index in [0.29, 0.717) is 11.1 Å². The number of ether oxygens (including phenoxy) is 2. The molecule has 0 unspecified atom stereocenters. The van der Waals surface area contributed by atoms with Crippen molar-refractivity contribution < 1.29 is 39.2 Å². The van der Waals surface area contributed by atoms with E-state index >= 15 is 0 Å². The van der Waals surface area contributed by atoms with Crippen molar-refractivity contribution in [3.05, 3.63) is 23.3 Å². The van der Waals surface area contributed by atoms with Gasteiger partial charge < -0.3 is 24.8 Å². The lowest BCUT2D eigenvalue weighted by molar-refractivity contribution is -0.228. The van der Waals surface area contributed by atoms with Crippen molar-refractivity contribution in [1.29, 1.82) is 0 Å². The van der Waals surface area contributed by atoms with Gasteiger partial charge in [0, 0.05) is 48.9 Å². The highest BCUT2D eigenvalue weighted by atomic mass is 16.6. The predicted molar refractivity (Wildman–Crippen MR) is 137 cm³/mol. The molecule has 5 aliphatic carbocycles. The minimum absolute atomic E-state index is 0.105. The summed E-state index contributed by atoms with van der Waals surface area (Å²) in [7, 11) is 0. The van der Waals surface area contributed by atoms with Crippen molar-refractivity contribution >= 4 is 17.7 Å². The molecule has 8 atom stereocenters. The molecule has 0 aliphatic heterocycles. The zero-order valence-corrected chi connectivity index (χ0v) is 23.2. The molecule has 0 aromatic rings. The zero-order chi connectivity index (χ0) is 27.8. The van der Waals surface area contributed by atoms with Gasteiger partial charge in [0.05, 0.1) is 12.2 Å². The Kier molecular flexibility index (Phi) is 6.52. The standard InChI is InChI=1S/C30H42O8/c1-16-11-22-28(35,25(16)34)14-20(15-31)12-21-24-27(4,5)30(24,38-18(3)32)26(17(2)29(21,22)36)37-23(33)13-19-9-7-6-8-10-19/h11-12,17,19,21-22,24,26,31,35-36H,6-10,13-15H2,1-5H3/t17-,21+,22-,24-,26-,28-,29-,30-/m1/s1. The third-order valence-electron chi connectivity index (χ3n) is 10.7. The lowest BCUT2D eigenvalue weighted by Gasteiger charge is -2.53. The molecule has 5 rings (SSSR count). The number of rotatable bonds is 5. The summed E-state index contributed by atoms with van der Waals surface area (Å²) in [4.78, 5) is 39.0. The van der Waals surface area contributed by atoms with E-state index in [2.05, 4.69) is 0 Å². The fourth-order valence-electron chi connectivity index (χ4n) is 8.88. The second-order valence-corrected chi connectivity index (χ2v) is 13.1. The molecule has 210 valence electrons. The first kappa shape index (κ1) is 27.5. The molecular formula is C30H42O8. The third kappa shape index (κ3) is 3.62. The van der Waals surface area contributed by atoms with E-state index in [-0.39, 0.29) is 31.3 Å². The topological polar surface area (TPSA) is 130 Å². The van der Waals surface area contributed by atoms with Crippen LogP contribution in [-0.2, 0) is 23.9 Å². The Morgan fingerprint density at radius 2 is 1.76 bits per heavy atom. The molecule has 0 radical (unpaired) electrons. The van der Waals surface area contributed by atoms with Gasteiger partial charge in [-0.15, -0.1) is 0 Å². The molecule has 38 heavy (non-hydrogen) atoms. The normalized spacial score (nSPS) is 43.6. The number of hydrogen-bond acceptors (Lipinski definition) is 8. The van der Waals surface area contributed by atoms with Crippen LogP contribution in [0.5, 0.6) is 0 Å². The minimum atomic E-state index is -1.92. The molecule has 0 amide bonds. The van der Waals surface area contributed by atoms with Crippen LogP contribution in [0.4, 0.5) is 0 Å². The number of Topliss-reactive ketones (excluding diaryl/α,β-unsaturated/α-hetero) is 1. The molecule has 0 aromatic carbocycles. The molecule has 5 aliphatic rings. The van der Waals surface area contributed by atoms with Crippen LogP contribution in [0.3, 0.4) is 0 Å². The van der Waals surface area contributed by atoms with E-state index in [1.165, 1.54) is 13.3 Å². The van der Waals surface area contributed by atoms with Crippen LogP contribution in [0.1, 0.15) is 79.6 Å². The highest BCUT2D eigenvalue weighted by Gasteiger charge is 2.87. The molecule has 0 aromatic heterocycles. The highest BCUT2D eigenvalue weighted by molar-refractivity contribution is 6.04. The molecule has 3 N–H and O–H groups in total. The summed E-state index contributed by atoms with van der Waals surface area (Å²) >= 11 is 0. The van der Waals surface area contributed by atoms with Gasteiger partial charge in [-0.25, -0.2) is 0 Å². The van der Waals surface area contributed by atoms with Crippen LogP contribution in [-0.4, -0.2) is 62.6 Å². The van der Waals surface area contributed by atoms with Gasteiger partial charge in [0.25, 0.3) is 0 Å². The molecule has 0 heterocycles. The van der Waals surface area contributed by atoms with Crippen LogP contribution in [0.2, 0.25) is 0 Å². The van der Waals surface area contributed by atoms with Crippen molar-refractivity contribution in [3.8, 4) is 0 Å². The largest absolute Gasteiger partial charge is 0.458 e. The summed E-state index contributed by atoms with van der Waals surface area (Å²) in [6.45, 7) is 8.20. The van der Waals surface area contributed by atoms with Crippen molar-refractivity contribution in [2.24, 2.45) is 35.0 Å². The molecule has 0 saturated heterocycles. The lowest BCUT2D eigenvalue weighted by Crippen LogP contribution is -2.66. The van der Waals surface area contributed by atoms with E-state index in [4.69, 9.17) is 9.47 Å². The van der Waals surface area contributed by atoms with Crippen LogP contribution in [0.25, 0.3) is 0 Å².